The quantitative estimate of drug-likeness (QED) is 0.482. The highest BCUT2D eigenvalue weighted by atomic mass is 35.5. The Morgan fingerprint density at radius 2 is 1.85 bits per heavy atom. The van der Waals surface area contributed by atoms with Gasteiger partial charge in [0.05, 0.1) is 21.9 Å². The molecule has 136 valence electrons. The number of thioether (sulfide) groups is 1. The van der Waals surface area contributed by atoms with Gasteiger partial charge in [-0.25, -0.2) is 4.98 Å². The summed E-state index contributed by atoms with van der Waals surface area (Å²) in [7, 11) is 0. The number of fused-ring (bicyclic) bond motifs is 1. The van der Waals surface area contributed by atoms with Crippen molar-refractivity contribution in [2.24, 2.45) is 0 Å². The number of rotatable bonds is 6. The topological polar surface area (TPSA) is 59.1 Å². The van der Waals surface area contributed by atoms with Gasteiger partial charge in [-0.1, -0.05) is 41.6 Å². The fourth-order valence-corrected chi connectivity index (χ4v) is 3.70. The minimum Gasteiger partial charge on any atom is -0.349 e. The number of halogens is 1. The van der Waals surface area contributed by atoms with E-state index in [1.165, 1.54) is 11.8 Å². The molecular weight excluding hydrogens is 380 g/mol. The fourth-order valence-electron chi connectivity index (χ4n) is 2.76. The molecular formula is C21H17ClN2O2S. The third kappa shape index (κ3) is 4.31. The molecule has 3 aromatic rings. The first-order chi connectivity index (χ1) is 13.1. The van der Waals surface area contributed by atoms with E-state index in [0.717, 1.165) is 23.7 Å². The normalized spacial score (nSPS) is 13.5. The Balaban J connectivity index is 1.56. The molecule has 1 amide bonds. The summed E-state index contributed by atoms with van der Waals surface area (Å²) in [5.41, 5.74) is 1.97. The number of pyridine rings is 1. The van der Waals surface area contributed by atoms with Gasteiger partial charge in [0.25, 0.3) is 5.91 Å². The first-order valence-electron chi connectivity index (χ1n) is 8.72. The van der Waals surface area contributed by atoms with E-state index in [9.17, 15) is 9.59 Å². The number of para-hydroxylation sites is 1. The molecule has 4 rings (SSSR count). The highest BCUT2D eigenvalue weighted by Gasteiger charge is 2.25. The van der Waals surface area contributed by atoms with Crippen LogP contribution in [-0.2, 0) is 0 Å². The van der Waals surface area contributed by atoms with Crippen LogP contribution in [0.4, 0.5) is 0 Å². The van der Waals surface area contributed by atoms with Gasteiger partial charge < -0.3 is 5.32 Å². The molecule has 4 nitrogen and oxygen atoms in total. The maximum Gasteiger partial charge on any atom is 0.252 e. The summed E-state index contributed by atoms with van der Waals surface area (Å²) in [4.78, 5) is 29.6. The maximum atomic E-state index is 12.6. The molecule has 0 unspecified atom stereocenters. The second kappa shape index (κ2) is 7.71. The average molecular weight is 397 g/mol. The third-order valence-corrected chi connectivity index (χ3v) is 5.53. The number of aromatic nitrogens is 1. The summed E-state index contributed by atoms with van der Waals surface area (Å²) in [5, 5.41) is 5.12. The van der Waals surface area contributed by atoms with Crippen molar-refractivity contribution in [3.8, 4) is 0 Å². The first-order valence-corrected chi connectivity index (χ1v) is 10.1. The molecule has 0 radical (unpaired) electrons. The molecule has 1 N–H and O–H groups in total. The van der Waals surface area contributed by atoms with Gasteiger partial charge in [-0.2, -0.15) is 0 Å². The van der Waals surface area contributed by atoms with E-state index in [1.807, 2.05) is 24.3 Å². The number of carbonyl (C=O) groups excluding carboxylic acids is 2. The summed E-state index contributed by atoms with van der Waals surface area (Å²) in [5.74, 6) is 0.161. The van der Waals surface area contributed by atoms with Gasteiger partial charge in [0.15, 0.2) is 5.78 Å². The number of benzene rings is 2. The van der Waals surface area contributed by atoms with E-state index in [2.05, 4.69) is 10.3 Å². The maximum absolute atomic E-state index is 12.6. The molecule has 0 spiro atoms. The van der Waals surface area contributed by atoms with Crippen LogP contribution in [0.2, 0.25) is 5.02 Å². The van der Waals surface area contributed by atoms with E-state index in [4.69, 9.17) is 11.6 Å². The van der Waals surface area contributed by atoms with Crippen LogP contribution in [0.25, 0.3) is 10.9 Å². The molecule has 1 saturated carbocycles. The Labute approximate surface area is 166 Å². The van der Waals surface area contributed by atoms with Crippen LogP contribution in [0.3, 0.4) is 0 Å². The lowest BCUT2D eigenvalue weighted by atomic mass is 10.1. The van der Waals surface area contributed by atoms with Gasteiger partial charge >= 0.3 is 0 Å². The summed E-state index contributed by atoms with van der Waals surface area (Å²) in [6, 6.07) is 16.5. The molecule has 1 fully saturated rings. The van der Waals surface area contributed by atoms with Gasteiger partial charge in [0.1, 0.15) is 0 Å². The first kappa shape index (κ1) is 18.0. The van der Waals surface area contributed by atoms with Gasteiger partial charge in [-0.3, -0.25) is 9.59 Å². The van der Waals surface area contributed by atoms with E-state index in [1.54, 1.807) is 30.3 Å². The Morgan fingerprint density at radius 3 is 2.59 bits per heavy atom. The fraction of sp³-hybridized carbons (Fsp3) is 0.190. The minimum absolute atomic E-state index is 0.00407. The molecule has 1 heterocycles. The molecule has 27 heavy (non-hydrogen) atoms. The van der Waals surface area contributed by atoms with Crippen molar-refractivity contribution < 1.29 is 9.59 Å². The predicted octanol–water partition coefficient (Wildman–Crippen LogP) is 4.76. The summed E-state index contributed by atoms with van der Waals surface area (Å²) >= 11 is 7.20. The lowest BCUT2D eigenvalue weighted by Crippen LogP contribution is -2.25. The lowest BCUT2D eigenvalue weighted by molar-refractivity contribution is 0.0951. The van der Waals surface area contributed by atoms with Crippen LogP contribution >= 0.6 is 23.4 Å². The van der Waals surface area contributed by atoms with Gasteiger partial charge in [0.2, 0.25) is 0 Å². The number of hydrogen-bond donors (Lipinski definition) is 1. The largest absolute Gasteiger partial charge is 0.349 e. The van der Waals surface area contributed by atoms with Crippen molar-refractivity contribution in [1.82, 2.24) is 10.3 Å². The van der Waals surface area contributed by atoms with E-state index < -0.39 is 0 Å². The van der Waals surface area contributed by atoms with Crippen LogP contribution in [0.15, 0.2) is 59.6 Å². The number of hydrogen-bond acceptors (Lipinski definition) is 4. The Kier molecular flexibility index (Phi) is 5.14. The van der Waals surface area contributed by atoms with Crippen molar-refractivity contribution >= 4 is 46.0 Å². The minimum atomic E-state index is -0.0815. The van der Waals surface area contributed by atoms with E-state index >= 15 is 0 Å². The van der Waals surface area contributed by atoms with E-state index in [0.29, 0.717) is 21.2 Å². The third-order valence-electron chi connectivity index (χ3n) is 4.37. The Morgan fingerprint density at radius 1 is 1.11 bits per heavy atom. The summed E-state index contributed by atoms with van der Waals surface area (Å²) in [6.07, 6.45) is 2.07. The second-order valence-electron chi connectivity index (χ2n) is 6.49. The number of amides is 1. The molecule has 0 aliphatic heterocycles. The average Bonchev–Trinajstić information content (AvgIpc) is 3.50. The highest BCUT2D eigenvalue weighted by Crippen LogP contribution is 2.26. The van der Waals surface area contributed by atoms with Crippen LogP contribution < -0.4 is 5.32 Å². The van der Waals surface area contributed by atoms with Crippen molar-refractivity contribution in [2.45, 2.75) is 23.9 Å². The monoisotopic (exact) mass is 396 g/mol. The van der Waals surface area contributed by atoms with Gasteiger partial charge in [-0.05, 0) is 49.2 Å². The standard InChI is InChI=1S/C21H17ClN2O2S/c22-14-7-5-13(6-8-14)19(25)12-27-20-11-17(21(26)23-15-9-10-15)16-3-1-2-4-18(16)24-20/h1-8,11,15H,9-10,12H2,(H,23,26). The Bertz CT molecular complexity index is 1020. The molecule has 6 heteroatoms. The van der Waals surface area contributed by atoms with Crippen molar-refractivity contribution in [3.63, 3.8) is 0 Å². The molecule has 0 atom stereocenters. The van der Waals surface area contributed by atoms with Gasteiger partial charge in [0, 0.05) is 22.0 Å². The van der Waals surface area contributed by atoms with Crippen molar-refractivity contribution in [1.29, 1.82) is 0 Å². The van der Waals surface area contributed by atoms with E-state index in [-0.39, 0.29) is 23.5 Å². The number of carbonyl (C=O) groups is 2. The summed E-state index contributed by atoms with van der Waals surface area (Å²) in [6.45, 7) is 0. The Hall–Kier alpha value is -2.37. The molecule has 1 aromatic heterocycles. The zero-order valence-corrected chi connectivity index (χ0v) is 16.0. The number of nitrogens with zero attached hydrogens (tertiary/aromatic N) is 1. The van der Waals surface area contributed by atoms with Crippen LogP contribution in [0, 0.1) is 0 Å². The zero-order chi connectivity index (χ0) is 18.8. The molecule has 0 bridgehead atoms. The molecule has 1 aliphatic rings. The second-order valence-corrected chi connectivity index (χ2v) is 7.92. The highest BCUT2D eigenvalue weighted by molar-refractivity contribution is 7.99. The van der Waals surface area contributed by atoms with Crippen molar-refractivity contribution in [3.05, 3.63) is 70.7 Å². The smallest absolute Gasteiger partial charge is 0.252 e. The summed E-state index contributed by atoms with van der Waals surface area (Å²) < 4.78 is 0. The SMILES string of the molecule is O=C(CSc1cc(C(=O)NC2CC2)c2ccccc2n1)c1ccc(Cl)cc1. The number of nitrogens with one attached hydrogen (secondary N) is 1. The molecule has 0 saturated heterocycles. The van der Waals surface area contributed by atoms with Crippen LogP contribution in [0.5, 0.6) is 0 Å². The van der Waals surface area contributed by atoms with Crippen LogP contribution in [-0.4, -0.2) is 28.5 Å². The molecule has 2 aromatic carbocycles. The van der Waals surface area contributed by atoms with Crippen molar-refractivity contribution in [2.75, 3.05) is 5.75 Å². The lowest BCUT2D eigenvalue weighted by Gasteiger charge is -2.10. The zero-order valence-electron chi connectivity index (χ0n) is 14.4. The number of ketones is 1. The van der Waals surface area contributed by atoms with Gasteiger partial charge in [-0.15, -0.1) is 0 Å². The molecule has 1 aliphatic carbocycles. The predicted molar refractivity (Wildman–Crippen MR) is 109 cm³/mol. The number of Topliss-reactive ketones (excluding diaryl/α,β-unsaturated/α-hetero) is 1. The van der Waals surface area contributed by atoms with Crippen LogP contribution in [0.1, 0.15) is 33.6 Å².